The number of phenols is 1. The van der Waals surface area contributed by atoms with E-state index in [0.29, 0.717) is 43.5 Å². The first-order valence-electron chi connectivity index (χ1n) is 12.5. The molecule has 190 valence electrons. The standard InChI is InChI=1S/C28H30F2N2O4/c1-3-11-32-12-10-27-24-17-5-7-21(33)25(24)36-26(27)20(8-9-28(27,35)22(32)15-17)31(2)23(34)14-16-4-6-18(29)19(30)13-16/h3-7,13,20,22,26,33,35H,1,8-12,14-15H2,2H3/t20-,22+,26-,27-,28+/m0/s1. The van der Waals surface area contributed by atoms with Gasteiger partial charge >= 0.3 is 0 Å². The number of carbonyl (C=O) groups is 1. The van der Waals surface area contributed by atoms with Crippen molar-refractivity contribution in [2.45, 2.75) is 61.3 Å². The van der Waals surface area contributed by atoms with Crippen LogP contribution in [0.3, 0.4) is 0 Å². The Kier molecular flexibility index (Phi) is 5.22. The van der Waals surface area contributed by atoms with Crippen LogP contribution in [-0.2, 0) is 23.1 Å². The van der Waals surface area contributed by atoms with Gasteiger partial charge in [-0.2, -0.15) is 0 Å². The van der Waals surface area contributed by atoms with Gasteiger partial charge in [0.15, 0.2) is 23.1 Å². The lowest BCUT2D eigenvalue weighted by molar-refractivity contribution is -0.198. The summed E-state index contributed by atoms with van der Waals surface area (Å²) >= 11 is 0. The van der Waals surface area contributed by atoms with Crippen LogP contribution in [-0.4, -0.2) is 69.8 Å². The summed E-state index contributed by atoms with van der Waals surface area (Å²) in [4.78, 5) is 17.2. The number of hydrogen-bond acceptors (Lipinski definition) is 5. The third-order valence-electron chi connectivity index (χ3n) is 9.14. The van der Waals surface area contributed by atoms with E-state index in [-0.39, 0.29) is 30.2 Å². The Labute approximate surface area is 208 Å². The van der Waals surface area contributed by atoms with Crippen molar-refractivity contribution in [2.24, 2.45) is 0 Å². The van der Waals surface area contributed by atoms with E-state index in [4.69, 9.17) is 4.74 Å². The monoisotopic (exact) mass is 496 g/mol. The van der Waals surface area contributed by atoms with Crippen LogP contribution in [0.4, 0.5) is 8.78 Å². The topological polar surface area (TPSA) is 73.2 Å². The van der Waals surface area contributed by atoms with E-state index in [2.05, 4.69) is 11.5 Å². The van der Waals surface area contributed by atoms with Gasteiger partial charge in [0.2, 0.25) is 5.91 Å². The maximum Gasteiger partial charge on any atom is 0.227 e. The molecule has 2 fully saturated rings. The van der Waals surface area contributed by atoms with Crippen LogP contribution < -0.4 is 4.74 Å². The fourth-order valence-corrected chi connectivity index (χ4v) is 7.52. The second-order valence-corrected chi connectivity index (χ2v) is 10.7. The van der Waals surface area contributed by atoms with Crippen molar-refractivity contribution in [1.29, 1.82) is 0 Å². The van der Waals surface area contributed by atoms with Crippen molar-refractivity contribution in [3.8, 4) is 11.5 Å². The SMILES string of the molecule is C=CCN1CC[C@]23c4c5ccc(O)c4O[C@H]2[C@@H](N(C)C(=O)Cc2ccc(F)c(F)c2)CC[C@@]3(O)[C@H]1C5. The summed E-state index contributed by atoms with van der Waals surface area (Å²) in [5.74, 6) is -1.72. The highest BCUT2D eigenvalue weighted by molar-refractivity contribution is 5.79. The van der Waals surface area contributed by atoms with Crippen LogP contribution in [0.25, 0.3) is 0 Å². The Hall–Kier alpha value is -2.97. The van der Waals surface area contributed by atoms with Gasteiger partial charge in [0.25, 0.3) is 0 Å². The van der Waals surface area contributed by atoms with Gasteiger partial charge in [-0.15, -0.1) is 6.58 Å². The number of piperidine rings is 1. The molecular weight excluding hydrogens is 466 g/mol. The molecule has 1 saturated heterocycles. The number of likely N-dealkylation sites (N-methyl/N-ethyl adjacent to an activating group) is 1. The van der Waals surface area contributed by atoms with Crippen LogP contribution in [0.2, 0.25) is 0 Å². The first kappa shape index (κ1) is 23.4. The van der Waals surface area contributed by atoms with Crippen molar-refractivity contribution in [2.75, 3.05) is 20.1 Å². The van der Waals surface area contributed by atoms with Crippen molar-refractivity contribution in [3.63, 3.8) is 0 Å². The summed E-state index contributed by atoms with van der Waals surface area (Å²) in [6.07, 6.45) is 3.53. The molecule has 1 spiro atoms. The zero-order valence-corrected chi connectivity index (χ0v) is 20.2. The number of aliphatic hydroxyl groups is 1. The number of benzene rings is 2. The van der Waals surface area contributed by atoms with Crippen LogP contribution >= 0.6 is 0 Å². The molecule has 0 unspecified atom stereocenters. The average Bonchev–Trinajstić information content (AvgIpc) is 3.20. The van der Waals surface area contributed by atoms with Crippen LogP contribution in [0.15, 0.2) is 43.0 Å². The second-order valence-electron chi connectivity index (χ2n) is 10.7. The highest BCUT2D eigenvalue weighted by Gasteiger charge is 2.73. The van der Waals surface area contributed by atoms with E-state index >= 15 is 0 Å². The molecule has 2 aromatic rings. The predicted molar refractivity (Wildman–Crippen MR) is 129 cm³/mol. The number of halogens is 2. The Balaban J connectivity index is 1.38. The number of likely N-dealkylation sites (tertiary alicyclic amines) is 1. The molecule has 0 aromatic heterocycles. The minimum atomic E-state index is -1.08. The maximum absolute atomic E-state index is 13.7. The van der Waals surface area contributed by atoms with E-state index in [1.165, 1.54) is 6.07 Å². The first-order valence-corrected chi connectivity index (χ1v) is 12.5. The zero-order chi connectivity index (χ0) is 25.4. The van der Waals surface area contributed by atoms with Gasteiger partial charge in [-0.3, -0.25) is 9.69 Å². The van der Waals surface area contributed by atoms with Gasteiger partial charge in [0.1, 0.15) is 6.10 Å². The lowest BCUT2D eigenvalue weighted by atomic mass is 9.48. The smallest absolute Gasteiger partial charge is 0.227 e. The van der Waals surface area contributed by atoms with Gasteiger partial charge in [-0.1, -0.05) is 18.2 Å². The average molecular weight is 497 g/mol. The fraction of sp³-hybridized carbons (Fsp3) is 0.464. The number of ether oxygens (including phenoxy) is 1. The molecular formula is C28H30F2N2O4. The van der Waals surface area contributed by atoms with Crippen LogP contribution in [0.5, 0.6) is 11.5 Å². The Morgan fingerprint density at radius 2 is 2.08 bits per heavy atom. The van der Waals surface area contributed by atoms with E-state index in [0.717, 1.165) is 29.8 Å². The molecule has 6 nitrogen and oxygen atoms in total. The summed E-state index contributed by atoms with van der Waals surface area (Å²) in [6, 6.07) is 6.58. The van der Waals surface area contributed by atoms with E-state index in [1.807, 2.05) is 12.1 Å². The second kappa shape index (κ2) is 8.02. The molecule has 2 aliphatic heterocycles. The summed E-state index contributed by atoms with van der Waals surface area (Å²) < 4.78 is 33.6. The number of carbonyl (C=O) groups excluding carboxylic acids is 1. The number of rotatable bonds is 5. The molecule has 8 heteroatoms. The molecule has 6 rings (SSSR count). The number of phenolic OH excluding ortho intramolecular Hbond substituents is 1. The van der Waals surface area contributed by atoms with Crippen molar-refractivity contribution in [3.05, 3.63) is 71.3 Å². The van der Waals surface area contributed by atoms with E-state index < -0.39 is 28.8 Å². The maximum atomic E-state index is 13.7. The minimum absolute atomic E-state index is 0.0429. The van der Waals surface area contributed by atoms with Crippen LogP contribution in [0.1, 0.15) is 36.0 Å². The zero-order valence-electron chi connectivity index (χ0n) is 20.2. The molecule has 1 saturated carbocycles. The molecule has 0 radical (unpaired) electrons. The summed E-state index contributed by atoms with van der Waals surface area (Å²) in [6.45, 7) is 5.31. The molecule has 2 heterocycles. The first-order chi connectivity index (χ1) is 17.2. The quantitative estimate of drug-likeness (QED) is 0.623. The van der Waals surface area contributed by atoms with Crippen molar-refractivity contribution < 1.29 is 28.5 Å². The number of aromatic hydroxyl groups is 1. The molecule has 2 N–H and O–H groups in total. The van der Waals surface area contributed by atoms with Gasteiger partial charge in [-0.05, 0) is 61.6 Å². The Morgan fingerprint density at radius 1 is 1.28 bits per heavy atom. The highest BCUT2D eigenvalue weighted by atomic mass is 19.2. The molecule has 2 bridgehead atoms. The third kappa shape index (κ3) is 2.97. The van der Waals surface area contributed by atoms with E-state index in [1.54, 1.807) is 18.0 Å². The largest absolute Gasteiger partial charge is 0.504 e. The lowest BCUT2D eigenvalue weighted by Gasteiger charge is -2.64. The Morgan fingerprint density at radius 3 is 2.83 bits per heavy atom. The molecule has 2 aromatic carbocycles. The van der Waals surface area contributed by atoms with Gasteiger partial charge in [0.05, 0.1) is 23.5 Å². The van der Waals surface area contributed by atoms with Crippen molar-refractivity contribution >= 4 is 5.91 Å². The number of nitrogens with zero attached hydrogens (tertiary/aromatic N) is 2. The summed E-state index contributed by atoms with van der Waals surface area (Å²) in [5, 5.41) is 23.1. The van der Waals surface area contributed by atoms with E-state index in [9.17, 15) is 23.8 Å². The van der Waals surface area contributed by atoms with Crippen molar-refractivity contribution in [1.82, 2.24) is 9.80 Å². The highest BCUT2D eigenvalue weighted by Crippen LogP contribution is 2.65. The normalized spacial score (nSPS) is 31.9. The molecule has 2 aliphatic carbocycles. The fourth-order valence-electron chi connectivity index (χ4n) is 7.52. The lowest BCUT2D eigenvalue weighted by Crippen LogP contribution is -2.78. The summed E-state index contributed by atoms with van der Waals surface area (Å²) in [5.41, 5.74) is 0.505. The molecule has 1 amide bonds. The van der Waals surface area contributed by atoms with Gasteiger partial charge in [0, 0.05) is 25.2 Å². The molecule has 5 atom stereocenters. The number of hydrogen-bond donors (Lipinski definition) is 2. The molecule has 4 aliphatic rings. The third-order valence-corrected chi connectivity index (χ3v) is 9.14. The predicted octanol–water partition coefficient (Wildman–Crippen LogP) is 3.08. The number of amides is 1. The Bertz CT molecular complexity index is 1270. The van der Waals surface area contributed by atoms with Crippen LogP contribution in [0, 0.1) is 11.6 Å². The van der Waals surface area contributed by atoms with Gasteiger partial charge < -0.3 is 19.8 Å². The molecule has 36 heavy (non-hydrogen) atoms. The minimum Gasteiger partial charge on any atom is -0.504 e. The van der Waals surface area contributed by atoms with Gasteiger partial charge in [-0.25, -0.2) is 8.78 Å². The summed E-state index contributed by atoms with van der Waals surface area (Å²) in [7, 11) is 1.70.